The maximum absolute atomic E-state index is 11.8. The zero-order valence-corrected chi connectivity index (χ0v) is 17.4. The number of anilines is 3. The van der Waals surface area contributed by atoms with Crippen molar-refractivity contribution in [3.8, 4) is 11.5 Å². The number of nitrogen functional groups attached to an aromatic ring is 1. The van der Waals surface area contributed by atoms with E-state index in [1.165, 1.54) is 0 Å². The molecule has 0 atom stereocenters. The number of nitrogens with two attached hydrogens (primary N) is 1. The molecule has 0 spiro atoms. The Balaban J connectivity index is 1.66. The molecule has 1 saturated heterocycles. The molecule has 2 aromatic rings. The highest BCUT2D eigenvalue weighted by molar-refractivity contribution is 5.67. The van der Waals surface area contributed by atoms with Gasteiger partial charge in [-0.25, -0.2) is 4.79 Å². The molecule has 3 N–H and O–H groups in total. The van der Waals surface area contributed by atoms with E-state index in [4.69, 9.17) is 19.9 Å². The maximum atomic E-state index is 11.8. The number of hydrogen-bond donors (Lipinski definition) is 2. The van der Waals surface area contributed by atoms with Gasteiger partial charge in [0.1, 0.15) is 17.3 Å². The van der Waals surface area contributed by atoms with Gasteiger partial charge in [-0.1, -0.05) is 0 Å². The fourth-order valence-corrected chi connectivity index (χ4v) is 3.09. The van der Waals surface area contributed by atoms with E-state index >= 15 is 0 Å². The Bertz CT molecular complexity index is 872. The number of rotatable bonds is 7. The van der Waals surface area contributed by atoms with Crippen molar-refractivity contribution in [1.82, 2.24) is 24.8 Å². The topological polar surface area (TPSA) is 128 Å². The van der Waals surface area contributed by atoms with Crippen molar-refractivity contribution in [2.75, 3.05) is 58.1 Å². The van der Waals surface area contributed by atoms with Crippen molar-refractivity contribution in [1.29, 1.82) is 0 Å². The second kappa shape index (κ2) is 9.92. The van der Waals surface area contributed by atoms with E-state index in [9.17, 15) is 4.79 Å². The summed E-state index contributed by atoms with van der Waals surface area (Å²) in [5.74, 6) is 2.26. The van der Waals surface area contributed by atoms with Gasteiger partial charge in [0.15, 0.2) is 0 Å². The normalized spacial score (nSPS) is 14.3. The van der Waals surface area contributed by atoms with Crippen molar-refractivity contribution in [2.24, 2.45) is 0 Å². The number of nitrogens with one attached hydrogen (secondary N) is 1. The number of piperazine rings is 1. The van der Waals surface area contributed by atoms with Crippen LogP contribution in [0.2, 0.25) is 0 Å². The highest BCUT2D eigenvalue weighted by atomic mass is 16.6. The molecule has 0 saturated carbocycles. The van der Waals surface area contributed by atoms with E-state index in [-0.39, 0.29) is 12.0 Å². The van der Waals surface area contributed by atoms with Gasteiger partial charge in [0.2, 0.25) is 11.9 Å². The minimum absolute atomic E-state index is 0.125. The first-order valence-electron chi connectivity index (χ1n) is 9.66. The van der Waals surface area contributed by atoms with Gasteiger partial charge < -0.3 is 30.2 Å². The molecule has 30 heavy (non-hydrogen) atoms. The van der Waals surface area contributed by atoms with Gasteiger partial charge in [0, 0.05) is 32.2 Å². The van der Waals surface area contributed by atoms with Crippen molar-refractivity contribution in [3.63, 3.8) is 0 Å². The molecule has 11 nitrogen and oxygen atoms in total. The predicted molar refractivity (Wildman–Crippen MR) is 111 cm³/mol. The summed E-state index contributed by atoms with van der Waals surface area (Å²) in [4.78, 5) is 28.6. The highest BCUT2D eigenvalue weighted by Crippen LogP contribution is 2.30. The Morgan fingerprint density at radius 1 is 1.13 bits per heavy atom. The Morgan fingerprint density at radius 3 is 2.57 bits per heavy atom. The van der Waals surface area contributed by atoms with Crippen LogP contribution in [0.4, 0.5) is 22.4 Å². The second-order valence-corrected chi connectivity index (χ2v) is 6.59. The first-order valence-corrected chi connectivity index (χ1v) is 9.66. The summed E-state index contributed by atoms with van der Waals surface area (Å²) in [6.07, 6.45) is -0.276. The van der Waals surface area contributed by atoms with Gasteiger partial charge >= 0.3 is 6.09 Å². The van der Waals surface area contributed by atoms with Crippen LogP contribution < -0.4 is 20.5 Å². The molecule has 1 fully saturated rings. The molecule has 2 heterocycles. The zero-order chi connectivity index (χ0) is 21.5. The Kier molecular flexibility index (Phi) is 7.07. The zero-order valence-electron chi connectivity index (χ0n) is 17.4. The molecule has 1 aliphatic rings. The van der Waals surface area contributed by atoms with Crippen LogP contribution in [0.5, 0.6) is 11.5 Å². The third kappa shape index (κ3) is 5.38. The van der Waals surface area contributed by atoms with E-state index in [1.807, 2.05) is 6.07 Å². The Hall–Kier alpha value is -3.34. The molecule has 1 amide bonds. The van der Waals surface area contributed by atoms with Crippen LogP contribution in [0.25, 0.3) is 0 Å². The molecule has 162 valence electrons. The molecule has 11 heteroatoms. The summed E-state index contributed by atoms with van der Waals surface area (Å²) in [5.41, 5.74) is 6.57. The summed E-state index contributed by atoms with van der Waals surface area (Å²) in [5, 5.41) is 3.12. The number of carbonyl (C=O) groups is 1. The smallest absolute Gasteiger partial charge is 0.409 e. The fourth-order valence-electron chi connectivity index (χ4n) is 3.09. The first-order chi connectivity index (χ1) is 14.5. The van der Waals surface area contributed by atoms with Gasteiger partial charge in [-0.15, -0.1) is 0 Å². The summed E-state index contributed by atoms with van der Waals surface area (Å²) < 4.78 is 15.7. The number of aromatic nitrogens is 3. The largest absolute Gasteiger partial charge is 0.497 e. The second-order valence-electron chi connectivity index (χ2n) is 6.59. The van der Waals surface area contributed by atoms with Crippen LogP contribution >= 0.6 is 0 Å². The lowest BCUT2D eigenvalue weighted by atomic mass is 10.2. The van der Waals surface area contributed by atoms with Gasteiger partial charge in [0.25, 0.3) is 0 Å². The van der Waals surface area contributed by atoms with Crippen molar-refractivity contribution in [2.45, 2.75) is 13.5 Å². The lowest BCUT2D eigenvalue weighted by molar-refractivity contribution is 0.0772. The average molecular weight is 417 g/mol. The summed E-state index contributed by atoms with van der Waals surface area (Å²) in [7, 11) is 3.16. The third-order valence-electron chi connectivity index (χ3n) is 4.62. The van der Waals surface area contributed by atoms with E-state index in [2.05, 4.69) is 25.2 Å². The summed E-state index contributed by atoms with van der Waals surface area (Å²) >= 11 is 0. The quantitative estimate of drug-likeness (QED) is 0.684. The molecule has 0 radical (unpaired) electrons. The molecule has 0 aliphatic carbocycles. The lowest BCUT2D eigenvalue weighted by Crippen LogP contribution is -2.48. The number of benzene rings is 1. The van der Waals surface area contributed by atoms with Gasteiger partial charge in [-0.2, -0.15) is 15.0 Å². The van der Waals surface area contributed by atoms with Crippen molar-refractivity contribution in [3.05, 3.63) is 24.0 Å². The summed E-state index contributed by atoms with van der Waals surface area (Å²) in [6, 6.07) is 5.38. The number of methoxy groups -OCH3 is 2. The standard InChI is InChI=1S/C19H27N7O4/c1-4-30-19(27)26-9-7-25(8-10-26)12-16-22-17(20)24-18(23-16)21-14-6-5-13(28-2)11-15(14)29-3/h5-6,11H,4,7-10,12H2,1-3H3,(H3,20,21,22,23,24). The van der Waals surface area contributed by atoms with E-state index in [0.29, 0.717) is 68.3 Å². The molecular weight excluding hydrogens is 390 g/mol. The van der Waals surface area contributed by atoms with E-state index in [1.54, 1.807) is 38.2 Å². The average Bonchev–Trinajstić information content (AvgIpc) is 2.74. The van der Waals surface area contributed by atoms with Crippen LogP contribution in [0, 0.1) is 0 Å². The Morgan fingerprint density at radius 2 is 1.90 bits per heavy atom. The number of ether oxygens (including phenoxy) is 3. The lowest BCUT2D eigenvalue weighted by Gasteiger charge is -2.33. The third-order valence-corrected chi connectivity index (χ3v) is 4.62. The minimum atomic E-state index is -0.276. The monoisotopic (exact) mass is 417 g/mol. The number of carbonyl (C=O) groups excluding carboxylic acids is 1. The molecular formula is C19H27N7O4. The molecule has 1 aromatic heterocycles. The van der Waals surface area contributed by atoms with Crippen LogP contribution in [0.1, 0.15) is 12.7 Å². The highest BCUT2D eigenvalue weighted by Gasteiger charge is 2.22. The van der Waals surface area contributed by atoms with E-state index < -0.39 is 0 Å². The number of hydrogen-bond acceptors (Lipinski definition) is 10. The van der Waals surface area contributed by atoms with Crippen LogP contribution in [-0.2, 0) is 11.3 Å². The van der Waals surface area contributed by atoms with E-state index in [0.717, 1.165) is 0 Å². The van der Waals surface area contributed by atoms with Crippen molar-refractivity contribution >= 4 is 23.7 Å². The molecule has 1 aromatic carbocycles. The molecule has 3 rings (SSSR count). The van der Waals surface area contributed by atoms with Gasteiger partial charge in [-0.05, 0) is 19.1 Å². The molecule has 0 unspecified atom stereocenters. The molecule has 0 bridgehead atoms. The predicted octanol–water partition coefficient (Wildman–Crippen LogP) is 1.49. The number of amides is 1. The van der Waals surface area contributed by atoms with Crippen LogP contribution in [0.3, 0.4) is 0 Å². The van der Waals surface area contributed by atoms with Crippen LogP contribution in [0.15, 0.2) is 18.2 Å². The van der Waals surface area contributed by atoms with Crippen molar-refractivity contribution < 1.29 is 19.0 Å². The van der Waals surface area contributed by atoms with Gasteiger partial charge in [0.05, 0.1) is 33.1 Å². The van der Waals surface area contributed by atoms with Crippen LogP contribution in [-0.4, -0.2) is 77.9 Å². The minimum Gasteiger partial charge on any atom is -0.497 e. The van der Waals surface area contributed by atoms with Gasteiger partial charge in [-0.3, -0.25) is 4.90 Å². The maximum Gasteiger partial charge on any atom is 0.409 e. The number of nitrogens with zero attached hydrogens (tertiary/aromatic N) is 5. The Labute approximate surface area is 175 Å². The fraction of sp³-hybridized carbons (Fsp3) is 0.474. The first kappa shape index (κ1) is 21.4. The SMILES string of the molecule is CCOC(=O)N1CCN(Cc2nc(N)nc(Nc3ccc(OC)cc3OC)n2)CC1. The molecule has 1 aliphatic heterocycles. The summed E-state index contributed by atoms with van der Waals surface area (Å²) in [6.45, 7) is 5.24.